The van der Waals surface area contributed by atoms with E-state index in [0.29, 0.717) is 11.2 Å². The van der Waals surface area contributed by atoms with Crippen LogP contribution in [0.4, 0.5) is 13.2 Å². The van der Waals surface area contributed by atoms with Crippen molar-refractivity contribution in [1.82, 2.24) is 0 Å². The van der Waals surface area contributed by atoms with E-state index in [2.05, 4.69) is 0 Å². The van der Waals surface area contributed by atoms with Crippen molar-refractivity contribution in [3.63, 3.8) is 0 Å². The van der Waals surface area contributed by atoms with E-state index in [1.807, 2.05) is 0 Å². The van der Waals surface area contributed by atoms with Crippen molar-refractivity contribution < 1.29 is 18.0 Å². The van der Waals surface area contributed by atoms with Crippen molar-refractivity contribution in [3.8, 4) is 0 Å². The molecule has 76 valence electrons. The van der Waals surface area contributed by atoms with Crippen LogP contribution >= 0.6 is 11.8 Å². The predicted molar refractivity (Wildman–Crippen MR) is 48.2 cm³/mol. The van der Waals surface area contributed by atoms with Crippen LogP contribution in [0.1, 0.15) is 5.56 Å². The highest BCUT2D eigenvalue weighted by atomic mass is 32.2. The molecule has 0 saturated heterocycles. The number of hydrogen-bond acceptors (Lipinski definition) is 2. The molecular formula is C9H7F3OS. The molecule has 0 heterocycles. The van der Waals surface area contributed by atoms with Crippen molar-refractivity contribution in [2.45, 2.75) is 11.1 Å². The zero-order valence-electron chi connectivity index (χ0n) is 7.04. The van der Waals surface area contributed by atoms with Crippen LogP contribution in [0.25, 0.3) is 0 Å². The normalized spacial score (nSPS) is 11.4. The smallest absolute Gasteiger partial charge is 0.302 e. The molecule has 1 aromatic rings. The minimum atomic E-state index is -4.30. The second-order valence-electron chi connectivity index (χ2n) is 2.50. The molecule has 5 heteroatoms. The molecule has 14 heavy (non-hydrogen) atoms. The average Bonchev–Trinajstić information content (AvgIpc) is 2.14. The van der Waals surface area contributed by atoms with Crippen molar-refractivity contribution in [2.75, 3.05) is 5.75 Å². The van der Waals surface area contributed by atoms with Gasteiger partial charge in [0.25, 0.3) is 0 Å². The number of rotatable bonds is 3. The summed E-state index contributed by atoms with van der Waals surface area (Å²) in [6.45, 7) is 0. The van der Waals surface area contributed by atoms with Gasteiger partial charge in [0.2, 0.25) is 0 Å². The zero-order valence-corrected chi connectivity index (χ0v) is 7.86. The number of aldehydes is 1. The quantitative estimate of drug-likeness (QED) is 0.575. The minimum Gasteiger partial charge on any atom is -0.302 e. The van der Waals surface area contributed by atoms with Gasteiger partial charge in [0.1, 0.15) is 6.29 Å². The van der Waals surface area contributed by atoms with Crippen LogP contribution in [0.2, 0.25) is 0 Å². The molecule has 0 spiro atoms. The maximum Gasteiger partial charge on any atom is 0.416 e. The van der Waals surface area contributed by atoms with Crippen LogP contribution < -0.4 is 0 Å². The standard InChI is InChI=1S/C9H7F3OS/c10-9(11,12)7-1-3-8(4-2-7)14-6-5-13/h1-5H,6H2. The Bertz CT molecular complexity index is 305. The lowest BCUT2D eigenvalue weighted by molar-refractivity contribution is -0.137. The summed E-state index contributed by atoms with van der Waals surface area (Å²) in [6.07, 6.45) is -3.59. The number of thioether (sulfide) groups is 1. The largest absolute Gasteiger partial charge is 0.416 e. The molecule has 0 unspecified atom stereocenters. The fourth-order valence-electron chi connectivity index (χ4n) is 0.870. The SMILES string of the molecule is O=CCSc1ccc(C(F)(F)F)cc1. The second kappa shape index (κ2) is 4.50. The number of halogens is 3. The zero-order chi connectivity index (χ0) is 10.6. The monoisotopic (exact) mass is 220 g/mol. The lowest BCUT2D eigenvalue weighted by Gasteiger charge is -2.06. The Balaban J connectivity index is 2.73. The van der Waals surface area contributed by atoms with Gasteiger partial charge in [-0.2, -0.15) is 13.2 Å². The van der Waals surface area contributed by atoms with Gasteiger partial charge in [0, 0.05) is 4.90 Å². The van der Waals surface area contributed by atoms with Gasteiger partial charge < -0.3 is 4.79 Å². The van der Waals surface area contributed by atoms with Crippen molar-refractivity contribution in [2.24, 2.45) is 0 Å². The topological polar surface area (TPSA) is 17.1 Å². The Labute approximate surface area is 83.3 Å². The Kier molecular flexibility index (Phi) is 3.57. The Morgan fingerprint density at radius 3 is 2.21 bits per heavy atom. The Morgan fingerprint density at radius 1 is 1.21 bits per heavy atom. The van der Waals surface area contributed by atoms with Crippen molar-refractivity contribution in [1.29, 1.82) is 0 Å². The summed E-state index contributed by atoms with van der Waals surface area (Å²) in [5.41, 5.74) is -0.673. The molecule has 0 saturated carbocycles. The first-order valence-electron chi connectivity index (χ1n) is 3.78. The van der Waals surface area contributed by atoms with Gasteiger partial charge in [-0.3, -0.25) is 0 Å². The summed E-state index contributed by atoms with van der Waals surface area (Å²) in [5.74, 6) is 0.255. The van der Waals surface area contributed by atoms with Gasteiger partial charge in [-0.25, -0.2) is 0 Å². The third kappa shape index (κ3) is 3.06. The first-order valence-corrected chi connectivity index (χ1v) is 4.76. The molecule has 0 aromatic heterocycles. The molecule has 1 aromatic carbocycles. The molecule has 0 aliphatic carbocycles. The molecule has 0 aliphatic heterocycles. The van der Waals surface area contributed by atoms with E-state index in [0.717, 1.165) is 12.1 Å². The first-order chi connectivity index (χ1) is 6.54. The summed E-state index contributed by atoms with van der Waals surface area (Å²) in [7, 11) is 0. The Morgan fingerprint density at radius 2 is 1.79 bits per heavy atom. The molecule has 0 atom stereocenters. The minimum absolute atomic E-state index is 0.255. The predicted octanol–water partition coefficient (Wildman–Crippen LogP) is 3.00. The van der Waals surface area contributed by atoms with Gasteiger partial charge in [-0.05, 0) is 24.3 Å². The molecule has 0 aliphatic rings. The van der Waals surface area contributed by atoms with Crippen LogP contribution in [0.3, 0.4) is 0 Å². The van der Waals surface area contributed by atoms with E-state index in [9.17, 15) is 18.0 Å². The van der Waals surface area contributed by atoms with Gasteiger partial charge in [0.05, 0.1) is 11.3 Å². The lowest BCUT2D eigenvalue weighted by Crippen LogP contribution is -2.03. The molecular weight excluding hydrogens is 213 g/mol. The first kappa shape index (κ1) is 11.1. The fraction of sp³-hybridized carbons (Fsp3) is 0.222. The highest BCUT2D eigenvalue weighted by Crippen LogP contribution is 2.30. The van der Waals surface area contributed by atoms with E-state index in [-0.39, 0.29) is 5.75 Å². The van der Waals surface area contributed by atoms with E-state index in [4.69, 9.17) is 0 Å². The van der Waals surface area contributed by atoms with E-state index in [1.54, 1.807) is 0 Å². The highest BCUT2D eigenvalue weighted by Gasteiger charge is 2.29. The molecule has 0 fully saturated rings. The van der Waals surface area contributed by atoms with Crippen LogP contribution in [-0.2, 0) is 11.0 Å². The van der Waals surface area contributed by atoms with Crippen molar-refractivity contribution >= 4 is 18.0 Å². The number of carbonyl (C=O) groups is 1. The summed E-state index contributed by atoms with van der Waals surface area (Å²) < 4.78 is 36.3. The van der Waals surface area contributed by atoms with Crippen LogP contribution in [0.5, 0.6) is 0 Å². The fourth-order valence-corrected chi connectivity index (χ4v) is 1.46. The highest BCUT2D eigenvalue weighted by molar-refractivity contribution is 7.99. The molecule has 0 radical (unpaired) electrons. The van der Waals surface area contributed by atoms with E-state index in [1.165, 1.54) is 23.9 Å². The van der Waals surface area contributed by atoms with Crippen molar-refractivity contribution in [3.05, 3.63) is 29.8 Å². The average molecular weight is 220 g/mol. The summed E-state index contributed by atoms with van der Waals surface area (Å²) in [4.78, 5) is 10.7. The Hall–Kier alpha value is -0.970. The number of hydrogen-bond donors (Lipinski definition) is 0. The maximum atomic E-state index is 12.1. The maximum absolute atomic E-state index is 12.1. The number of carbonyl (C=O) groups excluding carboxylic acids is 1. The molecule has 1 nitrogen and oxygen atoms in total. The molecule has 0 bridgehead atoms. The van der Waals surface area contributed by atoms with Gasteiger partial charge >= 0.3 is 6.18 Å². The molecule has 1 rings (SSSR count). The summed E-state index contributed by atoms with van der Waals surface area (Å²) in [5, 5.41) is 0. The number of benzene rings is 1. The second-order valence-corrected chi connectivity index (χ2v) is 3.59. The summed E-state index contributed by atoms with van der Waals surface area (Å²) in [6, 6.07) is 4.73. The van der Waals surface area contributed by atoms with Gasteiger partial charge in [-0.1, -0.05) is 0 Å². The van der Waals surface area contributed by atoms with Crippen LogP contribution in [0, 0.1) is 0 Å². The van der Waals surface area contributed by atoms with Crippen LogP contribution in [0.15, 0.2) is 29.2 Å². The lowest BCUT2D eigenvalue weighted by atomic mass is 10.2. The van der Waals surface area contributed by atoms with E-state index < -0.39 is 11.7 Å². The third-order valence-corrected chi connectivity index (χ3v) is 2.41. The van der Waals surface area contributed by atoms with Gasteiger partial charge in [-0.15, -0.1) is 11.8 Å². The summed E-state index contributed by atoms with van der Waals surface area (Å²) >= 11 is 1.20. The molecule has 0 N–H and O–H groups in total. The number of alkyl halides is 3. The third-order valence-electron chi connectivity index (χ3n) is 1.50. The van der Waals surface area contributed by atoms with Gasteiger partial charge in [0.15, 0.2) is 0 Å². The van der Waals surface area contributed by atoms with E-state index >= 15 is 0 Å². The molecule has 0 amide bonds. The van der Waals surface area contributed by atoms with Crippen LogP contribution in [-0.4, -0.2) is 12.0 Å².